The maximum Gasteiger partial charge on any atom is 0.337 e. The smallest absolute Gasteiger partial charge is 0.337 e. The number of carbonyl (C=O) groups is 2. The number of hydrogen-bond acceptors (Lipinski definition) is 6. The molecule has 2 N–H and O–H groups in total. The Kier molecular flexibility index (Phi) is 6.18. The summed E-state index contributed by atoms with van der Waals surface area (Å²) in [6.07, 6.45) is 0. The van der Waals surface area contributed by atoms with E-state index in [1.807, 2.05) is 6.07 Å². The number of rotatable bonds is 3. The molecule has 0 bridgehead atoms. The summed E-state index contributed by atoms with van der Waals surface area (Å²) in [5.74, 6) is -0.333. The first-order valence-corrected chi connectivity index (χ1v) is 6.29. The minimum Gasteiger partial charge on any atom is -0.480 e. The molecule has 0 fully saturated rings. The summed E-state index contributed by atoms with van der Waals surface area (Å²) < 4.78 is 13.0. The number of nitrogens with two attached hydrogens (primary N) is 1. The molecule has 0 saturated carbocycles. The number of primary amides is 1. The summed E-state index contributed by atoms with van der Waals surface area (Å²) in [5.41, 5.74) is 5.55. The van der Waals surface area contributed by atoms with E-state index in [1.54, 1.807) is 24.3 Å². The summed E-state index contributed by atoms with van der Waals surface area (Å²) in [6.45, 7) is 0. The van der Waals surface area contributed by atoms with Crippen molar-refractivity contribution in [1.29, 1.82) is 0 Å². The van der Waals surface area contributed by atoms with Gasteiger partial charge in [-0.05, 0) is 23.7 Å². The van der Waals surface area contributed by atoms with E-state index in [9.17, 15) is 9.59 Å². The molecule has 1 heterocycles. The summed E-state index contributed by atoms with van der Waals surface area (Å²) in [7, 11) is 2.86. The molecule has 0 aliphatic carbocycles. The van der Waals surface area contributed by atoms with Gasteiger partial charge >= 0.3 is 5.97 Å². The first kappa shape index (κ1) is 15.6. The van der Waals surface area contributed by atoms with Crippen molar-refractivity contribution in [3.63, 3.8) is 0 Å². The van der Waals surface area contributed by atoms with Crippen LogP contribution in [0.4, 0.5) is 0 Å². The van der Waals surface area contributed by atoms with Gasteiger partial charge in [-0.3, -0.25) is 4.79 Å². The normalized spacial score (nSPS) is 9.10. The molecule has 0 aliphatic heterocycles. The highest BCUT2D eigenvalue weighted by Gasteiger charge is 2.05. The van der Waals surface area contributed by atoms with Crippen LogP contribution in [0.3, 0.4) is 0 Å². The number of hydrogen-bond donors (Lipinski definition) is 1. The fourth-order valence-corrected chi connectivity index (χ4v) is 1.72. The molecule has 0 atom stereocenters. The van der Waals surface area contributed by atoms with E-state index in [-0.39, 0.29) is 5.97 Å². The third-order valence-electron chi connectivity index (χ3n) is 2.14. The van der Waals surface area contributed by atoms with Crippen LogP contribution in [0.25, 0.3) is 0 Å². The van der Waals surface area contributed by atoms with Crippen LogP contribution < -0.4 is 10.5 Å². The molecule has 0 aliphatic rings. The Bertz CT molecular complexity index is 569. The Morgan fingerprint density at radius 3 is 2.25 bits per heavy atom. The number of aromatic nitrogens is 1. The number of amides is 1. The van der Waals surface area contributed by atoms with Gasteiger partial charge in [-0.25, -0.2) is 4.79 Å². The SMILES string of the molecule is COC(=O)c1ccccc1.COc1cc(C(N)=O)sn1. The summed E-state index contributed by atoms with van der Waals surface area (Å²) in [6, 6.07) is 10.4. The van der Waals surface area contributed by atoms with Gasteiger partial charge in [0.2, 0.25) is 5.88 Å². The van der Waals surface area contributed by atoms with Crippen LogP contribution in [0.2, 0.25) is 0 Å². The van der Waals surface area contributed by atoms with Gasteiger partial charge in [0, 0.05) is 6.07 Å². The molecule has 0 saturated heterocycles. The van der Waals surface area contributed by atoms with Gasteiger partial charge in [-0.15, -0.1) is 0 Å². The van der Waals surface area contributed by atoms with Gasteiger partial charge in [0.05, 0.1) is 19.8 Å². The van der Waals surface area contributed by atoms with E-state index < -0.39 is 5.91 Å². The van der Waals surface area contributed by atoms with Crippen LogP contribution in [0.5, 0.6) is 5.88 Å². The molecule has 7 heteroatoms. The first-order chi connectivity index (χ1) is 9.58. The lowest BCUT2D eigenvalue weighted by Gasteiger charge is -1.95. The number of nitrogens with zero attached hydrogens (tertiary/aromatic N) is 1. The Morgan fingerprint density at radius 2 is 1.85 bits per heavy atom. The van der Waals surface area contributed by atoms with E-state index in [2.05, 4.69) is 9.11 Å². The lowest BCUT2D eigenvalue weighted by atomic mass is 10.2. The molecule has 0 spiro atoms. The zero-order chi connectivity index (χ0) is 15.0. The lowest BCUT2D eigenvalue weighted by Crippen LogP contribution is -2.08. The van der Waals surface area contributed by atoms with Gasteiger partial charge in [-0.2, -0.15) is 4.37 Å². The van der Waals surface area contributed by atoms with Crippen molar-refractivity contribution in [3.05, 3.63) is 46.8 Å². The van der Waals surface area contributed by atoms with Crippen LogP contribution in [0.1, 0.15) is 20.0 Å². The minimum absolute atomic E-state index is 0.291. The minimum atomic E-state index is -0.471. The summed E-state index contributed by atoms with van der Waals surface area (Å²) >= 11 is 1.03. The second kappa shape index (κ2) is 7.90. The molecular weight excluding hydrogens is 280 g/mol. The van der Waals surface area contributed by atoms with E-state index in [0.29, 0.717) is 16.3 Å². The molecule has 2 rings (SSSR count). The van der Waals surface area contributed by atoms with Crippen molar-refractivity contribution in [2.24, 2.45) is 5.73 Å². The highest BCUT2D eigenvalue weighted by molar-refractivity contribution is 7.08. The predicted molar refractivity (Wildman–Crippen MR) is 75.0 cm³/mol. The number of carbonyl (C=O) groups excluding carboxylic acids is 2. The second-order valence-electron chi connectivity index (χ2n) is 3.46. The number of methoxy groups -OCH3 is 2. The quantitative estimate of drug-likeness (QED) is 0.870. The third-order valence-corrected chi connectivity index (χ3v) is 2.92. The van der Waals surface area contributed by atoms with Crippen LogP contribution in [0, 0.1) is 0 Å². The standard InChI is InChI=1S/C8H8O2.C5H6N2O2S/c1-10-8(9)7-5-3-2-4-6-7;1-9-4-2-3(5(6)8)10-7-4/h2-6H,1H3;2H,1H3,(H2,6,8). The lowest BCUT2D eigenvalue weighted by molar-refractivity contribution is 0.0600. The van der Waals surface area contributed by atoms with Crippen molar-refractivity contribution in [1.82, 2.24) is 4.37 Å². The van der Waals surface area contributed by atoms with Gasteiger partial charge < -0.3 is 15.2 Å². The average Bonchev–Trinajstić information content (AvgIpc) is 2.97. The third kappa shape index (κ3) is 4.69. The molecule has 1 aromatic carbocycles. The predicted octanol–water partition coefficient (Wildman–Crippen LogP) is 1.72. The van der Waals surface area contributed by atoms with Crippen LogP contribution in [0.15, 0.2) is 36.4 Å². The van der Waals surface area contributed by atoms with E-state index in [0.717, 1.165) is 11.5 Å². The van der Waals surface area contributed by atoms with Crippen LogP contribution in [-0.2, 0) is 4.74 Å². The molecule has 0 unspecified atom stereocenters. The molecule has 1 aromatic heterocycles. The molecule has 2 aromatic rings. The van der Waals surface area contributed by atoms with Crippen LogP contribution in [-0.4, -0.2) is 30.5 Å². The maximum absolute atomic E-state index is 10.8. The fourth-order valence-electron chi connectivity index (χ4n) is 1.16. The first-order valence-electron chi connectivity index (χ1n) is 5.52. The summed E-state index contributed by atoms with van der Waals surface area (Å²) in [5, 5.41) is 0. The van der Waals surface area contributed by atoms with Crippen molar-refractivity contribution in [3.8, 4) is 5.88 Å². The maximum atomic E-state index is 10.8. The van der Waals surface area contributed by atoms with E-state index in [4.69, 9.17) is 10.5 Å². The number of esters is 1. The fraction of sp³-hybridized carbons (Fsp3) is 0.154. The molecule has 0 radical (unpaired) electrons. The van der Waals surface area contributed by atoms with Gasteiger partial charge in [0.25, 0.3) is 5.91 Å². The van der Waals surface area contributed by atoms with Crippen molar-refractivity contribution >= 4 is 23.4 Å². The van der Waals surface area contributed by atoms with E-state index >= 15 is 0 Å². The Hall–Kier alpha value is -2.41. The van der Waals surface area contributed by atoms with Gasteiger partial charge in [0.15, 0.2) is 0 Å². The van der Waals surface area contributed by atoms with Crippen LogP contribution >= 0.6 is 11.5 Å². The highest BCUT2D eigenvalue weighted by Crippen LogP contribution is 2.14. The van der Waals surface area contributed by atoms with Crippen molar-refractivity contribution < 1.29 is 19.1 Å². The molecular formula is C13H14N2O4S. The van der Waals surface area contributed by atoms with E-state index in [1.165, 1.54) is 20.3 Å². The average molecular weight is 294 g/mol. The molecule has 6 nitrogen and oxygen atoms in total. The number of ether oxygens (including phenoxy) is 2. The molecule has 106 valence electrons. The Balaban J connectivity index is 0.000000200. The van der Waals surface area contributed by atoms with Gasteiger partial charge in [0.1, 0.15) is 4.88 Å². The largest absolute Gasteiger partial charge is 0.480 e. The molecule has 1 amide bonds. The van der Waals surface area contributed by atoms with Gasteiger partial charge in [-0.1, -0.05) is 18.2 Å². The van der Waals surface area contributed by atoms with Crippen molar-refractivity contribution in [2.45, 2.75) is 0 Å². The zero-order valence-corrected chi connectivity index (χ0v) is 11.8. The highest BCUT2D eigenvalue weighted by atomic mass is 32.1. The molecule has 20 heavy (non-hydrogen) atoms. The number of benzene rings is 1. The second-order valence-corrected chi connectivity index (χ2v) is 4.26. The topological polar surface area (TPSA) is 91.5 Å². The zero-order valence-electron chi connectivity index (χ0n) is 11.0. The van der Waals surface area contributed by atoms with Crippen molar-refractivity contribution in [2.75, 3.05) is 14.2 Å². The monoisotopic (exact) mass is 294 g/mol. The summed E-state index contributed by atoms with van der Waals surface area (Å²) in [4.78, 5) is 21.7. The Labute approximate surface area is 120 Å². The Morgan fingerprint density at radius 1 is 1.20 bits per heavy atom.